The van der Waals surface area contributed by atoms with Crippen molar-refractivity contribution in [1.82, 2.24) is 0 Å². The van der Waals surface area contributed by atoms with Gasteiger partial charge in [0.1, 0.15) is 11.5 Å². The molecule has 0 amide bonds. The highest BCUT2D eigenvalue weighted by atomic mass is 35.5. The second kappa shape index (κ2) is 5.35. The maximum absolute atomic E-state index is 9.16. The van der Waals surface area contributed by atoms with Crippen molar-refractivity contribution in [3.63, 3.8) is 0 Å². The number of nitrogens with zero attached hydrogens (tertiary/aromatic N) is 1. The summed E-state index contributed by atoms with van der Waals surface area (Å²) in [5, 5.41) is 11.3. The maximum Gasteiger partial charge on any atom is 0.135 e. The third-order valence-corrected chi connectivity index (χ3v) is 3.53. The molecular formula is C17H11ClN2O. The van der Waals surface area contributed by atoms with Crippen LogP contribution in [0.5, 0.6) is 11.5 Å². The minimum Gasteiger partial charge on any atom is -0.457 e. The van der Waals surface area contributed by atoms with Gasteiger partial charge in [0.15, 0.2) is 0 Å². The number of benzene rings is 3. The maximum atomic E-state index is 9.16. The van der Waals surface area contributed by atoms with Gasteiger partial charge in [0.25, 0.3) is 0 Å². The van der Waals surface area contributed by atoms with E-state index in [9.17, 15) is 0 Å². The number of nitrogen functional groups attached to an aromatic ring is 1. The van der Waals surface area contributed by atoms with Crippen LogP contribution in [0.2, 0.25) is 5.02 Å². The van der Waals surface area contributed by atoms with Crippen molar-refractivity contribution in [2.75, 3.05) is 5.73 Å². The van der Waals surface area contributed by atoms with Gasteiger partial charge in [0, 0.05) is 16.8 Å². The first-order valence-electron chi connectivity index (χ1n) is 6.34. The van der Waals surface area contributed by atoms with Crippen LogP contribution in [0.25, 0.3) is 10.8 Å². The topological polar surface area (TPSA) is 59.0 Å². The molecule has 0 aliphatic heterocycles. The Morgan fingerprint density at radius 3 is 2.48 bits per heavy atom. The summed E-state index contributed by atoms with van der Waals surface area (Å²) in [4.78, 5) is 0. The summed E-state index contributed by atoms with van der Waals surface area (Å²) >= 11 is 6.00. The highest BCUT2D eigenvalue weighted by molar-refractivity contribution is 6.33. The van der Waals surface area contributed by atoms with Crippen LogP contribution in [0, 0.1) is 11.3 Å². The van der Waals surface area contributed by atoms with Crippen molar-refractivity contribution in [3.05, 3.63) is 65.2 Å². The van der Waals surface area contributed by atoms with Gasteiger partial charge < -0.3 is 10.5 Å². The van der Waals surface area contributed by atoms with Crippen LogP contribution in [0.4, 0.5) is 5.69 Å². The SMILES string of the molecule is N#Cc1ccc(Oc2ccc(N)c(Cl)c2)c2ccccc12. The number of fused-ring (bicyclic) bond motifs is 1. The van der Waals surface area contributed by atoms with E-state index < -0.39 is 0 Å². The molecule has 3 nitrogen and oxygen atoms in total. The number of rotatable bonds is 2. The van der Waals surface area contributed by atoms with Crippen molar-refractivity contribution >= 4 is 28.1 Å². The van der Waals surface area contributed by atoms with Gasteiger partial charge in [-0.3, -0.25) is 0 Å². The molecule has 0 aliphatic carbocycles. The smallest absolute Gasteiger partial charge is 0.135 e. The molecule has 3 rings (SSSR count). The molecule has 0 saturated carbocycles. The summed E-state index contributed by atoms with van der Waals surface area (Å²) in [6.45, 7) is 0. The van der Waals surface area contributed by atoms with E-state index in [1.807, 2.05) is 24.3 Å². The minimum absolute atomic E-state index is 0.449. The molecule has 3 aromatic carbocycles. The van der Waals surface area contributed by atoms with Crippen LogP contribution < -0.4 is 10.5 Å². The van der Waals surface area contributed by atoms with Gasteiger partial charge in [-0.25, -0.2) is 0 Å². The zero-order chi connectivity index (χ0) is 14.8. The molecule has 4 heteroatoms. The zero-order valence-corrected chi connectivity index (χ0v) is 11.8. The molecule has 0 heterocycles. The molecular weight excluding hydrogens is 284 g/mol. The highest BCUT2D eigenvalue weighted by Gasteiger charge is 2.08. The lowest BCUT2D eigenvalue weighted by molar-refractivity contribution is 0.488. The molecule has 0 aromatic heterocycles. The van der Waals surface area contributed by atoms with Gasteiger partial charge in [0.05, 0.1) is 22.3 Å². The average Bonchev–Trinajstić information content (AvgIpc) is 2.51. The molecule has 0 aliphatic rings. The van der Waals surface area contributed by atoms with Gasteiger partial charge >= 0.3 is 0 Å². The number of ether oxygens (including phenoxy) is 1. The summed E-state index contributed by atoms with van der Waals surface area (Å²) < 4.78 is 5.88. The number of hydrogen-bond donors (Lipinski definition) is 1. The largest absolute Gasteiger partial charge is 0.457 e. The van der Waals surface area contributed by atoms with Crippen LogP contribution in [0.15, 0.2) is 54.6 Å². The summed E-state index contributed by atoms with van der Waals surface area (Å²) in [6, 6.07) is 18.5. The fourth-order valence-corrected chi connectivity index (χ4v) is 2.33. The zero-order valence-electron chi connectivity index (χ0n) is 11.0. The standard InChI is InChI=1S/C17H11ClN2O/c18-15-9-12(6-7-16(15)20)21-17-8-5-11(10-19)13-3-1-2-4-14(13)17/h1-9H,20H2. The minimum atomic E-state index is 0.449. The molecule has 0 atom stereocenters. The molecule has 2 N–H and O–H groups in total. The molecule has 0 bridgehead atoms. The lowest BCUT2D eigenvalue weighted by Gasteiger charge is -2.10. The van der Waals surface area contributed by atoms with E-state index in [1.54, 1.807) is 30.3 Å². The van der Waals surface area contributed by atoms with Crippen LogP contribution in [0.3, 0.4) is 0 Å². The average molecular weight is 295 g/mol. The Balaban J connectivity index is 2.09. The monoisotopic (exact) mass is 294 g/mol. The second-order valence-corrected chi connectivity index (χ2v) is 4.96. The number of halogens is 1. The third kappa shape index (κ3) is 2.49. The van der Waals surface area contributed by atoms with E-state index in [-0.39, 0.29) is 0 Å². The predicted octanol–water partition coefficient (Wildman–Crippen LogP) is 4.74. The molecule has 0 spiro atoms. The first kappa shape index (κ1) is 13.3. The quantitative estimate of drug-likeness (QED) is 0.694. The summed E-state index contributed by atoms with van der Waals surface area (Å²) in [5.74, 6) is 1.27. The van der Waals surface area contributed by atoms with E-state index in [0.717, 1.165) is 10.8 Å². The van der Waals surface area contributed by atoms with E-state index in [0.29, 0.717) is 27.8 Å². The molecule has 21 heavy (non-hydrogen) atoms. The first-order chi connectivity index (χ1) is 10.2. The van der Waals surface area contributed by atoms with E-state index >= 15 is 0 Å². The predicted molar refractivity (Wildman–Crippen MR) is 84.6 cm³/mol. The van der Waals surface area contributed by atoms with E-state index in [2.05, 4.69) is 6.07 Å². The molecule has 0 radical (unpaired) electrons. The van der Waals surface area contributed by atoms with Crippen molar-refractivity contribution in [3.8, 4) is 17.6 Å². The molecule has 0 fully saturated rings. The van der Waals surface area contributed by atoms with E-state index in [1.165, 1.54) is 0 Å². The third-order valence-electron chi connectivity index (χ3n) is 3.20. The number of nitriles is 1. The van der Waals surface area contributed by atoms with Crippen LogP contribution in [-0.4, -0.2) is 0 Å². The molecule has 3 aromatic rings. The lowest BCUT2D eigenvalue weighted by atomic mass is 10.0. The lowest BCUT2D eigenvalue weighted by Crippen LogP contribution is -1.90. The highest BCUT2D eigenvalue weighted by Crippen LogP contribution is 2.33. The van der Waals surface area contributed by atoms with Crippen LogP contribution >= 0.6 is 11.6 Å². The Labute approximate surface area is 127 Å². The van der Waals surface area contributed by atoms with Gasteiger partial charge in [-0.1, -0.05) is 35.9 Å². The van der Waals surface area contributed by atoms with Crippen molar-refractivity contribution in [1.29, 1.82) is 5.26 Å². The Kier molecular flexibility index (Phi) is 3.39. The van der Waals surface area contributed by atoms with Crippen molar-refractivity contribution in [2.45, 2.75) is 0 Å². The fraction of sp³-hybridized carbons (Fsp3) is 0. The van der Waals surface area contributed by atoms with Gasteiger partial charge in [-0.2, -0.15) is 5.26 Å². The second-order valence-electron chi connectivity index (χ2n) is 4.55. The van der Waals surface area contributed by atoms with Crippen LogP contribution in [0.1, 0.15) is 5.56 Å². The van der Waals surface area contributed by atoms with Crippen molar-refractivity contribution < 1.29 is 4.74 Å². The van der Waals surface area contributed by atoms with Crippen molar-refractivity contribution in [2.24, 2.45) is 0 Å². The molecule has 102 valence electrons. The summed E-state index contributed by atoms with van der Waals surface area (Å²) in [6.07, 6.45) is 0. The number of nitrogens with two attached hydrogens (primary N) is 1. The Morgan fingerprint density at radius 1 is 1.00 bits per heavy atom. The number of anilines is 1. The van der Waals surface area contributed by atoms with Gasteiger partial charge in [0.2, 0.25) is 0 Å². The Morgan fingerprint density at radius 2 is 1.76 bits per heavy atom. The number of hydrogen-bond acceptors (Lipinski definition) is 3. The molecule has 0 unspecified atom stereocenters. The van der Waals surface area contributed by atoms with E-state index in [4.69, 9.17) is 27.3 Å². The first-order valence-corrected chi connectivity index (χ1v) is 6.71. The van der Waals surface area contributed by atoms with Gasteiger partial charge in [-0.15, -0.1) is 0 Å². The normalized spacial score (nSPS) is 10.3. The summed E-state index contributed by atoms with van der Waals surface area (Å²) in [7, 11) is 0. The van der Waals surface area contributed by atoms with Crippen LogP contribution in [-0.2, 0) is 0 Å². The fourth-order valence-electron chi connectivity index (χ4n) is 2.16. The van der Waals surface area contributed by atoms with Gasteiger partial charge in [-0.05, 0) is 24.3 Å². The summed E-state index contributed by atoms with van der Waals surface area (Å²) in [5.41, 5.74) is 6.81. The Hall–Kier alpha value is -2.70. The molecule has 0 saturated heterocycles. The Bertz CT molecular complexity index is 868.